The molecule has 0 saturated carbocycles. The summed E-state index contributed by atoms with van der Waals surface area (Å²) in [4.78, 5) is 12.9. The summed E-state index contributed by atoms with van der Waals surface area (Å²) in [5.74, 6) is 0.245. The topological polar surface area (TPSA) is 17.1 Å². The van der Waals surface area contributed by atoms with E-state index in [1.54, 1.807) is 0 Å². The third-order valence-electron chi connectivity index (χ3n) is 5.24. The van der Waals surface area contributed by atoms with Gasteiger partial charge in [0.25, 0.3) is 0 Å². The van der Waals surface area contributed by atoms with Crippen molar-refractivity contribution in [2.24, 2.45) is 0 Å². The Kier molecular flexibility index (Phi) is 5.80. The summed E-state index contributed by atoms with van der Waals surface area (Å²) in [6, 6.07) is 13.0. The second-order valence-corrected chi connectivity index (χ2v) is 9.59. The summed E-state index contributed by atoms with van der Waals surface area (Å²) < 4.78 is 0. The molecule has 0 amide bonds. The van der Waals surface area contributed by atoms with Crippen molar-refractivity contribution in [1.29, 1.82) is 0 Å². The molecule has 0 bridgehead atoms. The summed E-state index contributed by atoms with van der Waals surface area (Å²) in [5, 5.41) is 0. The zero-order valence-electron chi connectivity index (χ0n) is 17.8. The van der Waals surface area contributed by atoms with Gasteiger partial charge in [-0.2, -0.15) is 0 Å². The number of Topliss-reactive ketones (excluding diaryl/α,β-unsaturated/α-hetero) is 1. The molecule has 2 rings (SSSR count). The number of benzene rings is 2. The smallest absolute Gasteiger partial charge is 0.163 e. The fraction of sp³-hybridized carbons (Fsp3) is 0.480. The van der Waals surface area contributed by atoms with Crippen LogP contribution in [0.3, 0.4) is 0 Å². The predicted octanol–water partition coefficient (Wildman–Crippen LogP) is 6.71. The lowest BCUT2D eigenvalue weighted by Crippen LogP contribution is -2.14. The fourth-order valence-corrected chi connectivity index (χ4v) is 3.18. The lowest BCUT2D eigenvalue weighted by molar-refractivity contribution is 0.0982. The molecule has 0 atom stereocenters. The summed E-state index contributed by atoms with van der Waals surface area (Å²) in [6.45, 7) is 17.4. The number of rotatable bonds is 4. The van der Waals surface area contributed by atoms with Crippen LogP contribution in [-0.2, 0) is 17.3 Å². The highest BCUT2D eigenvalue weighted by molar-refractivity contribution is 5.97. The van der Waals surface area contributed by atoms with Crippen molar-refractivity contribution >= 4 is 5.78 Å². The van der Waals surface area contributed by atoms with E-state index in [0.29, 0.717) is 6.42 Å². The highest BCUT2D eigenvalue weighted by Crippen LogP contribution is 2.27. The quantitative estimate of drug-likeness (QED) is 0.560. The molecule has 0 spiro atoms. The first-order chi connectivity index (χ1) is 11.9. The van der Waals surface area contributed by atoms with Gasteiger partial charge in [-0.1, -0.05) is 71.9 Å². The Bertz CT molecular complexity index is 798. The molecule has 0 fully saturated rings. The first-order valence-electron chi connectivity index (χ1n) is 9.64. The molecule has 140 valence electrons. The monoisotopic (exact) mass is 350 g/mol. The Balaban J connectivity index is 2.22. The Hall–Kier alpha value is -1.89. The molecule has 2 aromatic carbocycles. The Labute approximate surface area is 159 Å². The van der Waals surface area contributed by atoms with Crippen LogP contribution in [0.25, 0.3) is 0 Å². The van der Waals surface area contributed by atoms with E-state index in [1.165, 1.54) is 22.3 Å². The standard InChI is InChI=1S/C25H34O/c1-17-9-12-20(24(3,4)5)15-19(17)11-14-23(26)22-16-21(25(6,7)8)13-10-18(22)2/h9-10,12-13,15-16H,11,14H2,1-8H3. The van der Waals surface area contributed by atoms with Crippen LogP contribution >= 0.6 is 0 Å². The number of carbonyl (C=O) groups is 1. The van der Waals surface area contributed by atoms with Crippen molar-refractivity contribution < 1.29 is 4.79 Å². The minimum absolute atomic E-state index is 0.0559. The van der Waals surface area contributed by atoms with Crippen LogP contribution in [-0.4, -0.2) is 5.78 Å². The first kappa shape index (κ1) is 20.4. The molecule has 0 aliphatic rings. The van der Waals surface area contributed by atoms with E-state index in [1.807, 2.05) is 6.92 Å². The minimum atomic E-state index is 0.0559. The average molecular weight is 351 g/mol. The molecule has 0 aliphatic heterocycles. The summed E-state index contributed by atoms with van der Waals surface area (Å²) in [6.07, 6.45) is 1.36. The zero-order chi connectivity index (χ0) is 19.7. The van der Waals surface area contributed by atoms with E-state index in [4.69, 9.17) is 0 Å². The van der Waals surface area contributed by atoms with Crippen LogP contribution in [0, 0.1) is 13.8 Å². The van der Waals surface area contributed by atoms with E-state index in [2.05, 4.69) is 84.9 Å². The van der Waals surface area contributed by atoms with Gasteiger partial charge in [-0.3, -0.25) is 4.79 Å². The van der Waals surface area contributed by atoms with Gasteiger partial charge in [0.15, 0.2) is 5.78 Å². The van der Waals surface area contributed by atoms with Gasteiger partial charge in [0.2, 0.25) is 0 Å². The van der Waals surface area contributed by atoms with Crippen LogP contribution < -0.4 is 0 Å². The Morgan fingerprint density at radius 2 is 1.27 bits per heavy atom. The molecule has 0 N–H and O–H groups in total. The van der Waals surface area contributed by atoms with Gasteiger partial charge in [0.1, 0.15) is 0 Å². The van der Waals surface area contributed by atoms with Crippen LogP contribution in [0.5, 0.6) is 0 Å². The third-order valence-corrected chi connectivity index (χ3v) is 5.24. The Morgan fingerprint density at radius 1 is 0.769 bits per heavy atom. The molecule has 1 heteroatoms. The third kappa shape index (κ3) is 4.84. The second kappa shape index (κ2) is 7.39. The lowest BCUT2D eigenvalue weighted by atomic mass is 9.83. The van der Waals surface area contributed by atoms with Gasteiger partial charge >= 0.3 is 0 Å². The minimum Gasteiger partial charge on any atom is -0.294 e. The van der Waals surface area contributed by atoms with Crippen LogP contribution in [0.2, 0.25) is 0 Å². The molecule has 0 aromatic heterocycles. The lowest BCUT2D eigenvalue weighted by Gasteiger charge is -2.21. The maximum atomic E-state index is 12.9. The number of aryl methyl sites for hydroxylation is 3. The summed E-state index contributed by atoms with van der Waals surface area (Å²) in [7, 11) is 0. The van der Waals surface area contributed by atoms with Crippen molar-refractivity contribution in [3.8, 4) is 0 Å². The molecular formula is C25H34O. The number of hydrogen-bond donors (Lipinski definition) is 0. The summed E-state index contributed by atoms with van der Waals surface area (Å²) in [5.41, 5.74) is 7.24. The SMILES string of the molecule is Cc1ccc(C(C)(C)C)cc1CCC(=O)c1cc(C(C)(C)C)ccc1C. The second-order valence-electron chi connectivity index (χ2n) is 9.59. The molecule has 0 saturated heterocycles. The van der Waals surface area contributed by atoms with E-state index in [9.17, 15) is 4.79 Å². The van der Waals surface area contributed by atoms with Crippen molar-refractivity contribution in [1.82, 2.24) is 0 Å². The van der Waals surface area contributed by atoms with Gasteiger partial charge in [-0.25, -0.2) is 0 Å². The molecule has 0 aliphatic carbocycles. The molecule has 1 nitrogen and oxygen atoms in total. The number of hydrogen-bond acceptors (Lipinski definition) is 1. The van der Waals surface area contributed by atoms with Gasteiger partial charge in [0, 0.05) is 12.0 Å². The van der Waals surface area contributed by atoms with Gasteiger partial charge in [-0.05, 0) is 65.0 Å². The highest BCUT2D eigenvalue weighted by Gasteiger charge is 2.18. The maximum absolute atomic E-state index is 12.9. The van der Waals surface area contributed by atoms with Crippen molar-refractivity contribution in [2.75, 3.05) is 0 Å². The maximum Gasteiger partial charge on any atom is 0.163 e. The van der Waals surface area contributed by atoms with E-state index >= 15 is 0 Å². The predicted molar refractivity (Wildman–Crippen MR) is 112 cm³/mol. The fourth-order valence-electron chi connectivity index (χ4n) is 3.18. The largest absolute Gasteiger partial charge is 0.294 e. The van der Waals surface area contributed by atoms with Crippen molar-refractivity contribution in [3.05, 3.63) is 69.8 Å². The average Bonchev–Trinajstić information content (AvgIpc) is 2.52. The molecular weight excluding hydrogens is 316 g/mol. The molecule has 0 heterocycles. The Morgan fingerprint density at radius 3 is 1.81 bits per heavy atom. The summed E-state index contributed by atoms with van der Waals surface area (Å²) >= 11 is 0. The van der Waals surface area contributed by atoms with Crippen LogP contribution in [0.1, 0.15) is 86.1 Å². The molecule has 0 radical (unpaired) electrons. The highest BCUT2D eigenvalue weighted by atomic mass is 16.1. The van der Waals surface area contributed by atoms with E-state index < -0.39 is 0 Å². The van der Waals surface area contributed by atoms with Crippen LogP contribution in [0.4, 0.5) is 0 Å². The van der Waals surface area contributed by atoms with Gasteiger partial charge in [-0.15, -0.1) is 0 Å². The number of carbonyl (C=O) groups excluding carboxylic acids is 1. The number of ketones is 1. The van der Waals surface area contributed by atoms with Gasteiger partial charge in [0.05, 0.1) is 0 Å². The molecule has 2 aromatic rings. The molecule has 0 unspecified atom stereocenters. The molecule has 26 heavy (non-hydrogen) atoms. The normalized spacial score (nSPS) is 12.3. The van der Waals surface area contributed by atoms with E-state index in [-0.39, 0.29) is 16.6 Å². The van der Waals surface area contributed by atoms with Gasteiger partial charge < -0.3 is 0 Å². The van der Waals surface area contributed by atoms with Crippen LogP contribution in [0.15, 0.2) is 36.4 Å². The van der Waals surface area contributed by atoms with E-state index in [0.717, 1.165) is 17.5 Å². The van der Waals surface area contributed by atoms with Crippen molar-refractivity contribution in [3.63, 3.8) is 0 Å². The van der Waals surface area contributed by atoms with Crippen molar-refractivity contribution in [2.45, 2.75) is 79.1 Å². The zero-order valence-corrected chi connectivity index (χ0v) is 17.8. The first-order valence-corrected chi connectivity index (χ1v) is 9.64.